The first-order valence-electron chi connectivity index (χ1n) is 6.91. The van der Waals surface area contributed by atoms with E-state index in [9.17, 15) is 5.11 Å². The first-order chi connectivity index (χ1) is 9.62. The summed E-state index contributed by atoms with van der Waals surface area (Å²) < 4.78 is 0. The molecule has 1 aromatic heterocycles. The third-order valence-electron chi connectivity index (χ3n) is 3.54. The summed E-state index contributed by atoms with van der Waals surface area (Å²) in [7, 11) is 0. The van der Waals surface area contributed by atoms with Crippen LogP contribution in [0.2, 0.25) is 0 Å². The molecule has 0 spiro atoms. The smallest absolute Gasteiger partial charge is 0.0610 e. The van der Waals surface area contributed by atoms with Crippen LogP contribution in [0.4, 0.5) is 0 Å². The van der Waals surface area contributed by atoms with E-state index in [1.165, 1.54) is 5.56 Å². The van der Waals surface area contributed by atoms with Gasteiger partial charge in [0.1, 0.15) is 0 Å². The Morgan fingerprint density at radius 1 is 1.00 bits per heavy atom. The minimum atomic E-state index is -0.284. The van der Waals surface area contributed by atoms with Crippen LogP contribution in [0.15, 0.2) is 54.7 Å². The summed E-state index contributed by atoms with van der Waals surface area (Å²) in [5, 5.41) is 9.66. The van der Waals surface area contributed by atoms with Gasteiger partial charge in [-0.05, 0) is 31.5 Å². The molecule has 1 aromatic carbocycles. The van der Waals surface area contributed by atoms with Crippen molar-refractivity contribution in [2.45, 2.75) is 32.5 Å². The molecule has 0 bridgehead atoms. The fraction of sp³-hybridized carbons (Fsp3) is 0.353. The molecule has 106 valence electrons. The lowest BCUT2D eigenvalue weighted by molar-refractivity contribution is 0.0430. The van der Waals surface area contributed by atoms with Gasteiger partial charge < -0.3 is 5.11 Å². The fourth-order valence-electron chi connectivity index (χ4n) is 2.07. The fourth-order valence-corrected chi connectivity index (χ4v) is 2.07. The van der Waals surface area contributed by atoms with Crippen LogP contribution in [0, 0.1) is 0 Å². The highest BCUT2D eigenvalue weighted by Gasteiger charge is 2.26. The molecule has 3 heteroatoms. The van der Waals surface area contributed by atoms with Crippen molar-refractivity contribution in [2.24, 2.45) is 0 Å². The quantitative estimate of drug-likeness (QED) is 0.877. The van der Waals surface area contributed by atoms with Gasteiger partial charge in [0.25, 0.3) is 0 Å². The summed E-state index contributed by atoms with van der Waals surface area (Å²) in [5.41, 5.74) is 1.97. The van der Waals surface area contributed by atoms with Gasteiger partial charge in [-0.1, -0.05) is 36.4 Å². The van der Waals surface area contributed by atoms with Gasteiger partial charge in [-0.15, -0.1) is 0 Å². The Bertz CT molecular complexity index is 470. The molecule has 0 aliphatic carbocycles. The molecule has 3 nitrogen and oxygen atoms in total. The maximum Gasteiger partial charge on any atom is 0.0610 e. The minimum absolute atomic E-state index is 0.118. The number of nitrogens with zero attached hydrogens (tertiary/aromatic N) is 2. The van der Waals surface area contributed by atoms with Gasteiger partial charge in [-0.2, -0.15) is 0 Å². The van der Waals surface area contributed by atoms with Gasteiger partial charge in [-0.25, -0.2) is 0 Å². The van der Waals surface area contributed by atoms with Gasteiger partial charge in [0, 0.05) is 24.8 Å². The van der Waals surface area contributed by atoms with Gasteiger partial charge in [0.15, 0.2) is 0 Å². The lowest BCUT2D eigenvalue weighted by Crippen LogP contribution is -2.45. The van der Waals surface area contributed by atoms with Crippen molar-refractivity contribution in [1.29, 1.82) is 0 Å². The summed E-state index contributed by atoms with van der Waals surface area (Å²) in [4.78, 5) is 6.64. The Hall–Kier alpha value is -1.71. The van der Waals surface area contributed by atoms with Crippen molar-refractivity contribution in [3.05, 3.63) is 66.0 Å². The van der Waals surface area contributed by atoms with E-state index in [-0.39, 0.29) is 12.1 Å². The Labute approximate surface area is 120 Å². The number of hydrogen-bond acceptors (Lipinski definition) is 3. The highest BCUT2D eigenvalue weighted by molar-refractivity contribution is 5.15. The molecule has 0 saturated heterocycles. The molecule has 0 aliphatic heterocycles. The number of hydrogen-bond donors (Lipinski definition) is 1. The van der Waals surface area contributed by atoms with E-state index < -0.39 is 0 Å². The lowest BCUT2D eigenvalue weighted by Gasteiger charge is -2.37. The molecule has 0 radical (unpaired) electrons. The zero-order valence-corrected chi connectivity index (χ0v) is 12.2. The Morgan fingerprint density at radius 2 is 1.70 bits per heavy atom. The van der Waals surface area contributed by atoms with Crippen LogP contribution < -0.4 is 0 Å². The largest absolute Gasteiger partial charge is 0.394 e. The number of pyridine rings is 1. The molecular weight excluding hydrogens is 248 g/mol. The van der Waals surface area contributed by atoms with Crippen LogP contribution in [0.5, 0.6) is 0 Å². The summed E-state index contributed by atoms with van der Waals surface area (Å²) in [5.74, 6) is 0. The van der Waals surface area contributed by atoms with Gasteiger partial charge in [0.05, 0.1) is 12.3 Å². The maximum atomic E-state index is 9.66. The Kier molecular flexibility index (Phi) is 4.88. The summed E-state index contributed by atoms with van der Waals surface area (Å²) in [6.45, 7) is 5.75. The average molecular weight is 270 g/mol. The predicted octanol–water partition coefficient (Wildman–Crippen LogP) is 2.85. The molecule has 2 aromatic rings. The van der Waals surface area contributed by atoms with Crippen molar-refractivity contribution in [1.82, 2.24) is 9.88 Å². The Balaban J connectivity index is 2.17. The van der Waals surface area contributed by atoms with E-state index in [0.29, 0.717) is 0 Å². The number of benzene rings is 1. The number of aliphatic hydroxyl groups is 1. The van der Waals surface area contributed by atoms with Crippen molar-refractivity contribution < 1.29 is 5.11 Å². The monoisotopic (exact) mass is 270 g/mol. The van der Waals surface area contributed by atoms with Crippen molar-refractivity contribution in [3.63, 3.8) is 0 Å². The van der Waals surface area contributed by atoms with E-state index in [4.69, 9.17) is 0 Å². The molecule has 0 saturated carbocycles. The molecule has 0 amide bonds. The minimum Gasteiger partial charge on any atom is -0.394 e. The summed E-state index contributed by atoms with van der Waals surface area (Å²) in [6.07, 6.45) is 1.81. The van der Waals surface area contributed by atoms with Crippen LogP contribution in [0.25, 0.3) is 0 Å². The third kappa shape index (κ3) is 3.89. The second-order valence-corrected chi connectivity index (χ2v) is 5.63. The molecule has 1 N–H and O–H groups in total. The van der Waals surface area contributed by atoms with Crippen molar-refractivity contribution in [3.8, 4) is 0 Å². The SMILES string of the molecule is CC(C)(CO)N(Cc1ccccc1)Cc1ccccn1. The molecule has 0 unspecified atom stereocenters. The van der Waals surface area contributed by atoms with Crippen LogP contribution in [-0.2, 0) is 13.1 Å². The summed E-state index contributed by atoms with van der Waals surface area (Å²) >= 11 is 0. The summed E-state index contributed by atoms with van der Waals surface area (Å²) in [6, 6.07) is 16.3. The number of rotatable bonds is 6. The van der Waals surface area contributed by atoms with Gasteiger partial charge >= 0.3 is 0 Å². The maximum absolute atomic E-state index is 9.66. The molecule has 0 fully saturated rings. The van der Waals surface area contributed by atoms with Crippen LogP contribution in [-0.4, -0.2) is 27.1 Å². The number of aliphatic hydroxyl groups excluding tert-OH is 1. The van der Waals surface area contributed by atoms with E-state index in [0.717, 1.165) is 18.8 Å². The normalized spacial score (nSPS) is 11.8. The zero-order valence-electron chi connectivity index (χ0n) is 12.2. The van der Waals surface area contributed by atoms with Gasteiger partial charge in [0.2, 0.25) is 0 Å². The van der Waals surface area contributed by atoms with Crippen LogP contribution in [0.3, 0.4) is 0 Å². The van der Waals surface area contributed by atoms with E-state index in [1.807, 2.05) is 42.6 Å². The van der Waals surface area contributed by atoms with E-state index in [1.54, 1.807) is 0 Å². The second kappa shape index (κ2) is 6.64. The lowest BCUT2D eigenvalue weighted by atomic mass is 10.0. The molecule has 20 heavy (non-hydrogen) atoms. The van der Waals surface area contributed by atoms with Crippen molar-refractivity contribution in [2.75, 3.05) is 6.61 Å². The second-order valence-electron chi connectivity index (χ2n) is 5.63. The topological polar surface area (TPSA) is 36.4 Å². The zero-order chi connectivity index (χ0) is 14.4. The predicted molar refractivity (Wildman–Crippen MR) is 81.1 cm³/mol. The highest BCUT2D eigenvalue weighted by Crippen LogP contribution is 2.20. The van der Waals surface area contributed by atoms with E-state index in [2.05, 4.69) is 35.9 Å². The first-order valence-corrected chi connectivity index (χ1v) is 6.91. The van der Waals surface area contributed by atoms with Crippen LogP contribution in [0.1, 0.15) is 25.1 Å². The number of aromatic nitrogens is 1. The van der Waals surface area contributed by atoms with Crippen LogP contribution >= 0.6 is 0 Å². The first kappa shape index (κ1) is 14.7. The molecule has 1 heterocycles. The molecule has 2 rings (SSSR count). The third-order valence-corrected chi connectivity index (χ3v) is 3.54. The standard InChI is InChI=1S/C17H22N2O/c1-17(2,14-20)19(12-15-8-4-3-5-9-15)13-16-10-6-7-11-18-16/h3-11,20H,12-14H2,1-2H3. The molecule has 0 atom stereocenters. The highest BCUT2D eigenvalue weighted by atomic mass is 16.3. The molecule has 0 aliphatic rings. The average Bonchev–Trinajstić information content (AvgIpc) is 2.49. The van der Waals surface area contributed by atoms with E-state index >= 15 is 0 Å². The molecular formula is C17H22N2O. The Morgan fingerprint density at radius 3 is 2.30 bits per heavy atom. The van der Waals surface area contributed by atoms with Crippen molar-refractivity contribution >= 4 is 0 Å². The van der Waals surface area contributed by atoms with Gasteiger partial charge in [-0.3, -0.25) is 9.88 Å².